The molecule has 1 aliphatic rings. The molecule has 0 bridgehead atoms. The van der Waals surface area contributed by atoms with Gasteiger partial charge < -0.3 is 5.11 Å². The lowest BCUT2D eigenvalue weighted by molar-refractivity contribution is -0.141. The van der Waals surface area contributed by atoms with Gasteiger partial charge in [-0.15, -0.1) is 0 Å². The van der Waals surface area contributed by atoms with E-state index < -0.39 is 12.0 Å². The van der Waals surface area contributed by atoms with Crippen LogP contribution in [-0.4, -0.2) is 32.7 Å². The molecule has 158 valence electrons. The van der Waals surface area contributed by atoms with Crippen LogP contribution < -0.4 is 0 Å². The molecule has 1 amide bonds. The van der Waals surface area contributed by atoms with Crippen LogP contribution in [0.4, 0.5) is 0 Å². The van der Waals surface area contributed by atoms with Crippen LogP contribution in [0.15, 0.2) is 58.1 Å². The van der Waals surface area contributed by atoms with Crippen LogP contribution in [0.25, 0.3) is 10.9 Å². The lowest BCUT2D eigenvalue weighted by Gasteiger charge is -2.23. The minimum absolute atomic E-state index is 0.138. The van der Waals surface area contributed by atoms with Crippen LogP contribution in [0.2, 0.25) is 5.15 Å². The van der Waals surface area contributed by atoms with Gasteiger partial charge in [-0.05, 0) is 42.3 Å². The summed E-state index contributed by atoms with van der Waals surface area (Å²) < 4.78 is 0.942. The highest BCUT2D eigenvalue weighted by Gasteiger charge is 2.34. The number of carboxylic acid groups (broad SMARTS) is 1. The van der Waals surface area contributed by atoms with Crippen molar-refractivity contribution in [1.82, 2.24) is 9.99 Å². The molecule has 1 N–H and O–H groups in total. The number of hydrazone groups is 1. The Kier molecular flexibility index (Phi) is 6.07. The fourth-order valence-corrected chi connectivity index (χ4v) is 4.17. The highest BCUT2D eigenvalue weighted by atomic mass is 79.9. The van der Waals surface area contributed by atoms with Crippen LogP contribution in [0.5, 0.6) is 0 Å². The number of fused-ring (bicyclic) bond motifs is 1. The largest absolute Gasteiger partial charge is 0.481 e. The van der Waals surface area contributed by atoms with E-state index in [1.807, 2.05) is 55.5 Å². The summed E-state index contributed by atoms with van der Waals surface area (Å²) in [6.45, 7) is 1.99. The van der Waals surface area contributed by atoms with Crippen LogP contribution in [0.3, 0.4) is 0 Å². The van der Waals surface area contributed by atoms with E-state index >= 15 is 0 Å². The van der Waals surface area contributed by atoms with Gasteiger partial charge in [-0.25, -0.2) is 9.99 Å². The third-order valence-corrected chi connectivity index (χ3v) is 6.04. The number of carbonyl (C=O) groups excluding carboxylic acids is 1. The first kappa shape index (κ1) is 21.5. The third kappa shape index (κ3) is 4.62. The molecule has 0 fully saturated rings. The molecule has 6 nitrogen and oxygen atoms in total. The number of hydrogen-bond donors (Lipinski definition) is 1. The van der Waals surface area contributed by atoms with Gasteiger partial charge in [0.1, 0.15) is 5.15 Å². The summed E-state index contributed by atoms with van der Waals surface area (Å²) in [5, 5.41) is 16.1. The van der Waals surface area contributed by atoms with E-state index in [0.29, 0.717) is 17.1 Å². The van der Waals surface area contributed by atoms with Crippen molar-refractivity contribution in [3.63, 3.8) is 0 Å². The summed E-state index contributed by atoms with van der Waals surface area (Å²) in [6, 6.07) is 15.1. The van der Waals surface area contributed by atoms with Crippen LogP contribution in [0.1, 0.15) is 42.0 Å². The molecule has 2 heterocycles. The molecule has 0 saturated heterocycles. The Hall–Kier alpha value is -2.77. The quantitative estimate of drug-likeness (QED) is 0.469. The number of nitrogens with zero attached hydrogens (tertiary/aromatic N) is 3. The first-order valence-electron chi connectivity index (χ1n) is 9.76. The Morgan fingerprint density at radius 1 is 1.16 bits per heavy atom. The molecule has 0 unspecified atom stereocenters. The van der Waals surface area contributed by atoms with Gasteiger partial charge in [0.15, 0.2) is 0 Å². The Morgan fingerprint density at radius 2 is 1.90 bits per heavy atom. The monoisotopic (exact) mass is 499 g/mol. The highest BCUT2D eigenvalue weighted by Crippen LogP contribution is 2.37. The number of rotatable bonds is 5. The smallest absolute Gasteiger partial charge is 0.303 e. The zero-order chi connectivity index (χ0) is 22.1. The van der Waals surface area contributed by atoms with E-state index in [4.69, 9.17) is 16.7 Å². The Bertz CT molecular complexity index is 1210. The maximum Gasteiger partial charge on any atom is 0.303 e. The minimum atomic E-state index is -1.03. The van der Waals surface area contributed by atoms with Crippen molar-refractivity contribution >= 4 is 56.0 Å². The second-order valence-corrected chi connectivity index (χ2v) is 8.74. The second-order valence-electron chi connectivity index (χ2n) is 7.47. The molecule has 0 radical (unpaired) electrons. The van der Waals surface area contributed by atoms with Crippen molar-refractivity contribution < 1.29 is 14.7 Å². The summed E-state index contributed by atoms with van der Waals surface area (Å²) >= 11 is 9.97. The van der Waals surface area contributed by atoms with Gasteiger partial charge in [0.2, 0.25) is 5.91 Å². The molecule has 1 aliphatic heterocycles. The summed E-state index contributed by atoms with van der Waals surface area (Å²) in [5.41, 5.74) is 4.18. The number of benzene rings is 2. The van der Waals surface area contributed by atoms with E-state index in [1.54, 1.807) is 0 Å². The van der Waals surface area contributed by atoms with Crippen molar-refractivity contribution in [2.24, 2.45) is 5.10 Å². The lowest BCUT2D eigenvalue weighted by Crippen LogP contribution is -2.27. The van der Waals surface area contributed by atoms with E-state index in [-0.39, 0.29) is 18.7 Å². The Labute approximate surface area is 192 Å². The molecular formula is C23H19BrClN3O3. The van der Waals surface area contributed by atoms with E-state index in [0.717, 1.165) is 32.2 Å². The maximum atomic E-state index is 12.9. The van der Waals surface area contributed by atoms with Crippen molar-refractivity contribution in [3.05, 3.63) is 74.8 Å². The van der Waals surface area contributed by atoms with Crippen LogP contribution in [0, 0.1) is 6.92 Å². The minimum Gasteiger partial charge on any atom is -0.481 e. The number of carboxylic acids is 1. The van der Waals surface area contributed by atoms with Crippen molar-refractivity contribution in [1.29, 1.82) is 0 Å². The fourth-order valence-electron chi connectivity index (χ4n) is 3.63. The molecule has 8 heteroatoms. The van der Waals surface area contributed by atoms with Gasteiger partial charge in [0, 0.05) is 28.3 Å². The van der Waals surface area contributed by atoms with Gasteiger partial charge in [-0.2, -0.15) is 5.10 Å². The number of pyridine rings is 1. The second kappa shape index (κ2) is 8.77. The third-order valence-electron chi connectivity index (χ3n) is 5.21. The predicted molar refractivity (Wildman–Crippen MR) is 123 cm³/mol. The van der Waals surface area contributed by atoms with E-state index in [2.05, 4.69) is 26.0 Å². The molecule has 31 heavy (non-hydrogen) atoms. The van der Waals surface area contributed by atoms with Crippen molar-refractivity contribution in [2.45, 2.75) is 32.2 Å². The number of amides is 1. The standard InChI is InChI=1S/C23H19BrClN3O3/c1-13-2-3-15-11-17(23(25)26-18(15)10-13)20-12-19(14-4-6-16(24)7-5-14)27-28(20)21(29)8-9-22(30)31/h2-7,10-11,20H,8-9,12H2,1H3,(H,30,31)/t20-/m0/s1. The molecule has 1 atom stereocenters. The zero-order valence-corrected chi connectivity index (χ0v) is 19.0. The SMILES string of the molecule is Cc1ccc2cc([C@@H]3CC(c4ccc(Br)cc4)=NN3C(=O)CCC(=O)O)c(Cl)nc2c1. The summed E-state index contributed by atoms with van der Waals surface area (Å²) in [7, 11) is 0. The molecule has 2 aromatic carbocycles. The first-order valence-corrected chi connectivity index (χ1v) is 10.9. The summed E-state index contributed by atoms with van der Waals surface area (Å²) in [4.78, 5) is 28.4. The van der Waals surface area contributed by atoms with Gasteiger partial charge in [0.05, 0.1) is 23.7 Å². The predicted octanol–water partition coefficient (Wildman–Crippen LogP) is 5.50. The average Bonchev–Trinajstić information content (AvgIpc) is 3.17. The number of aromatic nitrogens is 1. The number of halogens is 2. The molecule has 3 aromatic rings. The van der Waals surface area contributed by atoms with Crippen molar-refractivity contribution in [3.8, 4) is 0 Å². The first-order chi connectivity index (χ1) is 14.8. The van der Waals surface area contributed by atoms with Crippen LogP contribution >= 0.6 is 27.5 Å². The molecular weight excluding hydrogens is 482 g/mol. The van der Waals surface area contributed by atoms with Gasteiger partial charge >= 0.3 is 5.97 Å². The lowest BCUT2D eigenvalue weighted by atomic mass is 9.98. The van der Waals surface area contributed by atoms with Gasteiger partial charge in [0.25, 0.3) is 0 Å². The number of aliphatic carboxylic acids is 1. The van der Waals surface area contributed by atoms with Gasteiger partial charge in [-0.3, -0.25) is 9.59 Å². The maximum absolute atomic E-state index is 12.9. The number of hydrogen-bond acceptors (Lipinski definition) is 4. The molecule has 0 aliphatic carbocycles. The topological polar surface area (TPSA) is 82.9 Å². The average molecular weight is 501 g/mol. The normalized spacial score (nSPS) is 15.9. The Morgan fingerprint density at radius 3 is 2.61 bits per heavy atom. The Balaban J connectivity index is 1.74. The van der Waals surface area contributed by atoms with Crippen LogP contribution in [-0.2, 0) is 9.59 Å². The molecule has 4 rings (SSSR count). The number of aryl methyl sites for hydroxylation is 1. The molecule has 0 spiro atoms. The fraction of sp³-hybridized carbons (Fsp3) is 0.217. The van der Waals surface area contributed by atoms with E-state index in [9.17, 15) is 9.59 Å². The molecule has 1 aromatic heterocycles. The van der Waals surface area contributed by atoms with E-state index in [1.165, 1.54) is 5.01 Å². The molecule has 0 saturated carbocycles. The summed E-state index contributed by atoms with van der Waals surface area (Å²) in [6.07, 6.45) is 0.0636. The summed E-state index contributed by atoms with van der Waals surface area (Å²) in [5.74, 6) is -1.39. The van der Waals surface area contributed by atoms with Crippen molar-refractivity contribution in [2.75, 3.05) is 0 Å². The van der Waals surface area contributed by atoms with Gasteiger partial charge in [-0.1, -0.05) is 51.8 Å². The highest BCUT2D eigenvalue weighted by molar-refractivity contribution is 9.10. The number of carbonyl (C=O) groups is 2. The zero-order valence-electron chi connectivity index (χ0n) is 16.7.